The Morgan fingerprint density at radius 3 is 2.75 bits per heavy atom. The Balaban J connectivity index is 1.61. The number of carbonyl (C=O) groups excluding carboxylic acids is 1. The predicted molar refractivity (Wildman–Crippen MR) is 106 cm³/mol. The molecule has 2 heterocycles. The number of hydrogen-bond donors (Lipinski definition) is 2. The lowest BCUT2D eigenvalue weighted by Crippen LogP contribution is -2.32. The number of nitrogens with two attached hydrogens (primary N) is 1. The number of methoxy groups -OCH3 is 1. The Labute approximate surface area is 164 Å². The van der Waals surface area contributed by atoms with Gasteiger partial charge in [0.05, 0.1) is 12.8 Å². The van der Waals surface area contributed by atoms with Crippen LogP contribution in [-0.2, 0) is 4.79 Å². The van der Waals surface area contributed by atoms with Crippen LogP contribution < -0.4 is 25.3 Å². The van der Waals surface area contributed by atoms with Crippen LogP contribution in [0.15, 0.2) is 30.3 Å². The van der Waals surface area contributed by atoms with E-state index in [1.54, 1.807) is 13.2 Å². The lowest BCUT2D eigenvalue weighted by Gasteiger charge is -2.25. The first kappa shape index (κ1) is 18.6. The molecule has 4 rings (SSSR count). The van der Waals surface area contributed by atoms with E-state index in [1.165, 1.54) is 0 Å². The number of para-hydroxylation sites is 1. The third-order valence-electron chi connectivity index (χ3n) is 5.26. The van der Waals surface area contributed by atoms with Gasteiger partial charge in [0.15, 0.2) is 11.5 Å². The standard InChI is InChI=1S/C21H25N3O4/c1-26-19-12-15(23-21(25)13-5-7-14(22)8-6-13)11-17(24-19)16-3-2-4-18-20(16)28-10-9-27-18/h2-4,11-14H,5-10,22H2,1H3,(H,23,24,25)/t13-,14+. The zero-order valence-corrected chi connectivity index (χ0v) is 15.9. The molecule has 148 valence electrons. The van der Waals surface area contributed by atoms with Crippen LogP contribution in [0.1, 0.15) is 25.7 Å². The molecule has 2 aromatic rings. The van der Waals surface area contributed by atoms with E-state index in [9.17, 15) is 4.79 Å². The van der Waals surface area contributed by atoms with Gasteiger partial charge in [-0.05, 0) is 43.9 Å². The Hall–Kier alpha value is -2.80. The average molecular weight is 383 g/mol. The number of aromatic nitrogens is 1. The summed E-state index contributed by atoms with van der Waals surface area (Å²) in [6.07, 6.45) is 3.41. The molecule has 1 saturated carbocycles. The van der Waals surface area contributed by atoms with Crippen LogP contribution in [0.4, 0.5) is 5.69 Å². The van der Waals surface area contributed by atoms with Crippen LogP contribution in [0.25, 0.3) is 11.3 Å². The number of benzene rings is 1. The smallest absolute Gasteiger partial charge is 0.227 e. The summed E-state index contributed by atoms with van der Waals surface area (Å²) in [5, 5.41) is 3.02. The summed E-state index contributed by atoms with van der Waals surface area (Å²) in [6, 6.07) is 9.46. The van der Waals surface area contributed by atoms with Gasteiger partial charge in [0.25, 0.3) is 0 Å². The first-order valence-electron chi connectivity index (χ1n) is 9.65. The van der Waals surface area contributed by atoms with Crippen molar-refractivity contribution < 1.29 is 19.0 Å². The van der Waals surface area contributed by atoms with Gasteiger partial charge < -0.3 is 25.3 Å². The molecule has 1 aromatic carbocycles. The zero-order chi connectivity index (χ0) is 19.5. The van der Waals surface area contributed by atoms with Crippen LogP contribution in [0, 0.1) is 5.92 Å². The van der Waals surface area contributed by atoms with Crippen molar-refractivity contribution >= 4 is 11.6 Å². The van der Waals surface area contributed by atoms with E-state index in [0.29, 0.717) is 42.0 Å². The van der Waals surface area contributed by atoms with E-state index < -0.39 is 0 Å². The normalized spacial score (nSPS) is 21.1. The van der Waals surface area contributed by atoms with Crippen molar-refractivity contribution in [3.8, 4) is 28.6 Å². The highest BCUT2D eigenvalue weighted by atomic mass is 16.6. The molecule has 1 aromatic heterocycles. The maximum Gasteiger partial charge on any atom is 0.227 e. The van der Waals surface area contributed by atoms with Crippen molar-refractivity contribution in [3.05, 3.63) is 30.3 Å². The van der Waals surface area contributed by atoms with Gasteiger partial charge in [-0.3, -0.25) is 4.79 Å². The molecular formula is C21H25N3O4. The van der Waals surface area contributed by atoms with Crippen LogP contribution >= 0.6 is 0 Å². The van der Waals surface area contributed by atoms with E-state index in [1.807, 2.05) is 24.3 Å². The highest BCUT2D eigenvalue weighted by Gasteiger charge is 2.25. The summed E-state index contributed by atoms with van der Waals surface area (Å²) in [4.78, 5) is 17.2. The molecule has 7 heteroatoms. The van der Waals surface area contributed by atoms with Crippen LogP contribution in [0.3, 0.4) is 0 Å². The van der Waals surface area contributed by atoms with E-state index in [4.69, 9.17) is 19.9 Å². The molecule has 0 bridgehead atoms. The summed E-state index contributed by atoms with van der Waals surface area (Å²) < 4.78 is 16.8. The van der Waals surface area contributed by atoms with Gasteiger partial charge in [-0.15, -0.1) is 0 Å². The van der Waals surface area contributed by atoms with Crippen LogP contribution in [0.2, 0.25) is 0 Å². The van der Waals surface area contributed by atoms with Gasteiger partial charge in [0, 0.05) is 29.3 Å². The van der Waals surface area contributed by atoms with Gasteiger partial charge in [-0.25, -0.2) is 4.98 Å². The lowest BCUT2D eigenvalue weighted by molar-refractivity contribution is -0.120. The molecule has 0 atom stereocenters. The molecule has 0 unspecified atom stereocenters. The van der Waals surface area contributed by atoms with E-state index in [0.717, 1.165) is 31.2 Å². The van der Waals surface area contributed by atoms with Gasteiger partial charge in [0.2, 0.25) is 11.8 Å². The molecule has 1 fully saturated rings. The number of carbonyl (C=O) groups is 1. The Bertz CT molecular complexity index is 863. The minimum absolute atomic E-state index is 0.0105. The van der Waals surface area contributed by atoms with E-state index in [-0.39, 0.29) is 17.9 Å². The Morgan fingerprint density at radius 2 is 1.96 bits per heavy atom. The topological polar surface area (TPSA) is 95.7 Å². The van der Waals surface area contributed by atoms with Gasteiger partial charge in [-0.1, -0.05) is 6.07 Å². The number of rotatable bonds is 4. The fraction of sp³-hybridized carbons (Fsp3) is 0.429. The first-order chi connectivity index (χ1) is 13.6. The molecule has 1 amide bonds. The number of pyridine rings is 1. The second kappa shape index (κ2) is 8.06. The zero-order valence-electron chi connectivity index (χ0n) is 15.9. The minimum Gasteiger partial charge on any atom is -0.486 e. The fourth-order valence-electron chi connectivity index (χ4n) is 3.72. The Kier molecular flexibility index (Phi) is 5.34. The molecule has 2 aliphatic rings. The van der Waals surface area contributed by atoms with Gasteiger partial charge in [0.1, 0.15) is 13.2 Å². The van der Waals surface area contributed by atoms with Crippen molar-refractivity contribution in [2.75, 3.05) is 25.6 Å². The van der Waals surface area contributed by atoms with Crippen molar-refractivity contribution in [3.63, 3.8) is 0 Å². The fourth-order valence-corrected chi connectivity index (χ4v) is 3.72. The van der Waals surface area contributed by atoms with Crippen molar-refractivity contribution in [1.29, 1.82) is 0 Å². The molecule has 0 radical (unpaired) electrons. The van der Waals surface area contributed by atoms with Crippen molar-refractivity contribution in [2.45, 2.75) is 31.7 Å². The number of ether oxygens (including phenoxy) is 3. The highest BCUT2D eigenvalue weighted by molar-refractivity contribution is 5.93. The maximum absolute atomic E-state index is 12.7. The third kappa shape index (κ3) is 3.89. The van der Waals surface area contributed by atoms with Crippen molar-refractivity contribution in [2.24, 2.45) is 11.7 Å². The number of fused-ring (bicyclic) bond motifs is 1. The molecule has 7 nitrogen and oxygen atoms in total. The summed E-state index contributed by atoms with van der Waals surface area (Å²) in [5.41, 5.74) is 8.05. The average Bonchev–Trinajstić information content (AvgIpc) is 2.73. The molecule has 1 aliphatic heterocycles. The van der Waals surface area contributed by atoms with E-state index >= 15 is 0 Å². The molecular weight excluding hydrogens is 358 g/mol. The second-order valence-corrected chi connectivity index (χ2v) is 7.21. The number of nitrogens with zero attached hydrogens (tertiary/aromatic N) is 1. The lowest BCUT2D eigenvalue weighted by atomic mass is 9.86. The number of anilines is 1. The number of hydrogen-bond acceptors (Lipinski definition) is 6. The van der Waals surface area contributed by atoms with Crippen molar-refractivity contribution in [1.82, 2.24) is 4.98 Å². The van der Waals surface area contributed by atoms with Gasteiger partial charge >= 0.3 is 0 Å². The summed E-state index contributed by atoms with van der Waals surface area (Å²) in [6.45, 7) is 1.01. The maximum atomic E-state index is 12.7. The molecule has 0 saturated heterocycles. The monoisotopic (exact) mass is 383 g/mol. The van der Waals surface area contributed by atoms with Gasteiger partial charge in [-0.2, -0.15) is 0 Å². The SMILES string of the molecule is COc1cc(NC(=O)[C@H]2CC[C@@H](N)CC2)cc(-c2cccc3c2OCCO3)n1. The minimum atomic E-state index is -0.0105. The highest BCUT2D eigenvalue weighted by Crippen LogP contribution is 2.40. The van der Waals surface area contributed by atoms with Crippen LogP contribution in [-0.4, -0.2) is 37.3 Å². The predicted octanol–water partition coefficient (Wildman–Crippen LogP) is 2.98. The molecule has 0 spiro atoms. The third-order valence-corrected chi connectivity index (χ3v) is 5.26. The summed E-state index contributed by atoms with van der Waals surface area (Å²) in [5.74, 6) is 1.78. The number of amides is 1. The largest absolute Gasteiger partial charge is 0.486 e. The summed E-state index contributed by atoms with van der Waals surface area (Å²) in [7, 11) is 1.56. The van der Waals surface area contributed by atoms with E-state index in [2.05, 4.69) is 10.3 Å². The summed E-state index contributed by atoms with van der Waals surface area (Å²) >= 11 is 0. The molecule has 1 aliphatic carbocycles. The number of nitrogens with one attached hydrogen (secondary N) is 1. The second-order valence-electron chi connectivity index (χ2n) is 7.21. The molecule has 3 N–H and O–H groups in total. The van der Waals surface area contributed by atoms with Crippen LogP contribution in [0.5, 0.6) is 17.4 Å². The molecule has 28 heavy (non-hydrogen) atoms. The Morgan fingerprint density at radius 1 is 1.18 bits per heavy atom. The first-order valence-corrected chi connectivity index (χ1v) is 9.65. The quantitative estimate of drug-likeness (QED) is 0.843.